The molecule has 1 saturated heterocycles. The van der Waals surface area contributed by atoms with Crippen molar-refractivity contribution in [2.75, 3.05) is 49.6 Å². The molecule has 38 heavy (non-hydrogen) atoms. The Labute approximate surface area is 220 Å². The maximum Gasteiger partial charge on any atom is 0.264 e. The number of hydrogen-bond acceptors (Lipinski definition) is 7. The normalized spacial score (nSPS) is 14.6. The van der Waals surface area contributed by atoms with Crippen molar-refractivity contribution >= 4 is 37.3 Å². The number of rotatable bonds is 9. The number of ether oxygens (including phenoxy) is 2. The van der Waals surface area contributed by atoms with Crippen LogP contribution in [0.5, 0.6) is 5.75 Å². The van der Waals surface area contributed by atoms with Crippen molar-refractivity contribution in [1.82, 2.24) is 4.31 Å². The topological polar surface area (TPSA) is 122 Å². The van der Waals surface area contributed by atoms with Crippen LogP contribution in [0.3, 0.4) is 0 Å². The van der Waals surface area contributed by atoms with Crippen LogP contribution in [0.25, 0.3) is 0 Å². The van der Waals surface area contributed by atoms with E-state index in [2.05, 4.69) is 5.32 Å². The van der Waals surface area contributed by atoms with Crippen LogP contribution in [-0.4, -0.2) is 67.0 Å². The van der Waals surface area contributed by atoms with Gasteiger partial charge in [-0.1, -0.05) is 18.2 Å². The summed E-state index contributed by atoms with van der Waals surface area (Å²) in [6.45, 7) is 0.299. The Morgan fingerprint density at radius 3 is 2.24 bits per heavy atom. The first-order chi connectivity index (χ1) is 18.1. The number of morpholine rings is 1. The second kappa shape index (κ2) is 11.5. The van der Waals surface area contributed by atoms with Crippen molar-refractivity contribution in [1.29, 1.82) is 0 Å². The highest BCUT2D eigenvalue weighted by Gasteiger charge is 2.29. The van der Waals surface area contributed by atoms with Gasteiger partial charge in [0.2, 0.25) is 15.9 Å². The minimum Gasteiger partial charge on any atom is -0.495 e. The fraction of sp³-hybridized carbons (Fsp3) is 0.240. The molecule has 0 unspecified atom stereocenters. The Hall–Kier alpha value is -3.52. The van der Waals surface area contributed by atoms with E-state index in [-0.39, 0.29) is 53.2 Å². The summed E-state index contributed by atoms with van der Waals surface area (Å²) in [4.78, 5) is 12.9. The van der Waals surface area contributed by atoms with Crippen molar-refractivity contribution in [2.45, 2.75) is 9.79 Å². The molecular formula is C25H26FN3O7S2. The molecule has 0 bridgehead atoms. The highest BCUT2D eigenvalue weighted by Crippen LogP contribution is 2.30. The number of halogens is 1. The lowest BCUT2D eigenvalue weighted by Crippen LogP contribution is -2.40. The lowest BCUT2D eigenvalue weighted by Gasteiger charge is -2.26. The molecule has 10 nitrogen and oxygen atoms in total. The van der Waals surface area contributed by atoms with Crippen molar-refractivity contribution < 1.29 is 35.5 Å². The average Bonchev–Trinajstić information content (AvgIpc) is 2.93. The molecule has 0 atom stereocenters. The van der Waals surface area contributed by atoms with Crippen molar-refractivity contribution in [3.05, 3.63) is 78.6 Å². The molecule has 3 aromatic rings. The molecule has 1 fully saturated rings. The van der Waals surface area contributed by atoms with Gasteiger partial charge in [-0.15, -0.1) is 0 Å². The number of benzene rings is 3. The number of hydrogen-bond donors (Lipinski definition) is 1. The third kappa shape index (κ3) is 5.96. The molecular weight excluding hydrogens is 537 g/mol. The van der Waals surface area contributed by atoms with Crippen molar-refractivity contribution in [2.24, 2.45) is 0 Å². The summed E-state index contributed by atoms with van der Waals surface area (Å²) in [5.74, 6) is -1.17. The third-order valence-electron chi connectivity index (χ3n) is 5.79. The van der Waals surface area contributed by atoms with Gasteiger partial charge in [0.25, 0.3) is 10.0 Å². The predicted molar refractivity (Wildman–Crippen MR) is 139 cm³/mol. The van der Waals surface area contributed by atoms with E-state index in [1.165, 1.54) is 41.7 Å². The zero-order valence-corrected chi connectivity index (χ0v) is 22.0. The second-order valence-electron chi connectivity index (χ2n) is 8.23. The Morgan fingerprint density at radius 2 is 1.61 bits per heavy atom. The number of nitrogens with one attached hydrogen (secondary N) is 1. The standard InChI is InChI=1S/C25H26FN3O7S2/c1-35-24-12-11-22(37(31,32)28-13-15-36-16-14-28)17-23(24)27-25(30)18-29(20-5-3-2-4-6-20)38(33,34)21-9-7-19(26)8-10-21/h2-12,17H,13-16,18H2,1H3,(H,27,30). The molecule has 0 spiro atoms. The Kier molecular flexibility index (Phi) is 8.31. The van der Waals surface area contributed by atoms with E-state index in [9.17, 15) is 26.0 Å². The molecule has 1 heterocycles. The van der Waals surface area contributed by atoms with Gasteiger partial charge in [0, 0.05) is 13.1 Å². The number of amides is 1. The fourth-order valence-corrected chi connectivity index (χ4v) is 6.70. The van der Waals surface area contributed by atoms with E-state index in [1.54, 1.807) is 18.2 Å². The van der Waals surface area contributed by atoms with Gasteiger partial charge in [0.1, 0.15) is 18.1 Å². The van der Waals surface area contributed by atoms with Gasteiger partial charge in [-0.25, -0.2) is 21.2 Å². The number of methoxy groups -OCH3 is 1. The Balaban J connectivity index is 1.63. The molecule has 0 aromatic heterocycles. The summed E-state index contributed by atoms with van der Waals surface area (Å²) in [6.07, 6.45) is 0. The number of sulfonamides is 2. The first-order valence-electron chi connectivity index (χ1n) is 11.5. The molecule has 202 valence electrons. The lowest BCUT2D eigenvalue weighted by atomic mass is 10.3. The minimum absolute atomic E-state index is 0.0547. The van der Waals surface area contributed by atoms with E-state index >= 15 is 0 Å². The molecule has 3 aromatic carbocycles. The molecule has 0 radical (unpaired) electrons. The summed E-state index contributed by atoms with van der Waals surface area (Å²) in [7, 11) is -6.77. The van der Waals surface area contributed by atoms with Gasteiger partial charge in [0.05, 0.1) is 41.5 Å². The SMILES string of the molecule is COc1ccc(S(=O)(=O)N2CCOCC2)cc1NC(=O)CN(c1ccccc1)S(=O)(=O)c1ccc(F)cc1. The smallest absolute Gasteiger partial charge is 0.264 e. The first kappa shape index (κ1) is 27.5. The third-order valence-corrected chi connectivity index (χ3v) is 9.47. The van der Waals surface area contributed by atoms with E-state index in [0.29, 0.717) is 0 Å². The van der Waals surface area contributed by atoms with Crippen LogP contribution in [-0.2, 0) is 29.6 Å². The van der Waals surface area contributed by atoms with Crippen LogP contribution in [0.4, 0.5) is 15.8 Å². The molecule has 1 aliphatic rings. The summed E-state index contributed by atoms with van der Waals surface area (Å²) < 4.78 is 79.2. The molecule has 1 N–H and O–H groups in total. The lowest BCUT2D eigenvalue weighted by molar-refractivity contribution is -0.114. The van der Waals surface area contributed by atoms with Crippen LogP contribution >= 0.6 is 0 Å². The van der Waals surface area contributed by atoms with Crippen LogP contribution in [0.15, 0.2) is 82.6 Å². The number of anilines is 2. The summed E-state index contributed by atoms with van der Waals surface area (Å²) >= 11 is 0. The van der Waals surface area contributed by atoms with Crippen LogP contribution in [0, 0.1) is 5.82 Å². The largest absolute Gasteiger partial charge is 0.495 e. The van der Waals surface area contributed by atoms with Gasteiger partial charge in [-0.2, -0.15) is 4.31 Å². The first-order valence-corrected chi connectivity index (χ1v) is 14.4. The van der Waals surface area contributed by atoms with Gasteiger partial charge in [-0.05, 0) is 54.6 Å². The molecule has 1 amide bonds. The van der Waals surface area contributed by atoms with Crippen LogP contribution in [0.2, 0.25) is 0 Å². The van der Waals surface area contributed by atoms with Crippen LogP contribution < -0.4 is 14.4 Å². The molecule has 0 saturated carbocycles. The van der Waals surface area contributed by atoms with Crippen LogP contribution in [0.1, 0.15) is 0 Å². The molecule has 4 rings (SSSR count). The van der Waals surface area contributed by atoms with Gasteiger partial charge in [-0.3, -0.25) is 9.10 Å². The molecule has 13 heteroatoms. The van der Waals surface area contributed by atoms with E-state index in [1.807, 2.05) is 0 Å². The average molecular weight is 564 g/mol. The Bertz CT molecular complexity index is 1490. The van der Waals surface area contributed by atoms with Crippen molar-refractivity contribution in [3.8, 4) is 5.75 Å². The summed E-state index contributed by atoms with van der Waals surface area (Å²) in [5, 5.41) is 2.57. The number of carbonyl (C=O) groups is 1. The maximum absolute atomic E-state index is 13.4. The highest BCUT2D eigenvalue weighted by molar-refractivity contribution is 7.92. The van der Waals surface area contributed by atoms with E-state index < -0.39 is 38.3 Å². The monoisotopic (exact) mass is 563 g/mol. The zero-order chi connectivity index (χ0) is 27.3. The maximum atomic E-state index is 13.4. The van der Waals surface area contributed by atoms with E-state index in [0.717, 1.165) is 28.6 Å². The summed E-state index contributed by atoms with van der Waals surface area (Å²) in [6, 6.07) is 16.3. The highest BCUT2D eigenvalue weighted by atomic mass is 32.2. The summed E-state index contributed by atoms with van der Waals surface area (Å²) in [5.41, 5.74) is 0.265. The predicted octanol–water partition coefficient (Wildman–Crippen LogP) is 2.69. The number of nitrogens with zero attached hydrogens (tertiary/aromatic N) is 2. The van der Waals surface area contributed by atoms with E-state index in [4.69, 9.17) is 9.47 Å². The second-order valence-corrected chi connectivity index (χ2v) is 12.0. The van der Waals surface area contributed by atoms with Crippen molar-refractivity contribution in [3.63, 3.8) is 0 Å². The van der Waals surface area contributed by atoms with Gasteiger partial charge in [0.15, 0.2) is 0 Å². The fourth-order valence-electron chi connectivity index (χ4n) is 3.84. The quantitative estimate of drug-likeness (QED) is 0.425. The van der Waals surface area contributed by atoms with Gasteiger partial charge >= 0.3 is 0 Å². The Morgan fingerprint density at radius 1 is 0.974 bits per heavy atom. The van der Waals surface area contributed by atoms with Gasteiger partial charge < -0.3 is 14.8 Å². The molecule has 1 aliphatic heterocycles. The minimum atomic E-state index is -4.26. The zero-order valence-electron chi connectivity index (χ0n) is 20.4. The molecule has 0 aliphatic carbocycles. The number of carbonyl (C=O) groups excluding carboxylic acids is 1. The number of para-hydroxylation sites is 1.